The lowest BCUT2D eigenvalue weighted by Gasteiger charge is -2.42. The Morgan fingerprint density at radius 1 is 1.35 bits per heavy atom. The summed E-state index contributed by atoms with van der Waals surface area (Å²) in [5.74, 6) is 0.0860. The summed E-state index contributed by atoms with van der Waals surface area (Å²) >= 11 is 5.21. The van der Waals surface area contributed by atoms with Crippen LogP contribution in [0.25, 0.3) is 0 Å². The maximum atomic E-state index is 12.9. The van der Waals surface area contributed by atoms with Crippen LogP contribution in [0.5, 0.6) is 0 Å². The summed E-state index contributed by atoms with van der Waals surface area (Å²) in [6, 6.07) is 0.299. The molecule has 1 amide bonds. The van der Waals surface area contributed by atoms with Gasteiger partial charge in [0, 0.05) is 26.3 Å². The molecule has 0 saturated carbocycles. The summed E-state index contributed by atoms with van der Waals surface area (Å²) < 4.78 is 5.37. The first kappa shape index (κ1) is 15.7. The van der Waals surface area contributed by atoms with Gasteiger partial charge in [0.1, 0.15) is 5.41 Å². The number of likely N-dealkylation sites (tertiary alicyclic amines) is 1. The van der Waals surface area contributed by atoms with E-state index < -0.39 is 5.41 Å². The number of carbonyl (C=O) groups excluding carboxylic acids is 1. The number of piperidine rings is 1. The van der Waals surface area contributed by atoms with E-state index in [0.717, 1.165) is 25.9 Å². The Morgan fingerprint density at radius 3 is 2.40 bits per heavy atom. The number of hydrogen-bond acceptors (Lipinski definition) is 4. The van der Waals surface area contributed by atoms with Gasteiger partial charge in [-0.15, -0.1) is 0 Å². The number of rotatable bonds is 3. The molecule has 2 rings (SSSR count). The van der Waals surface area contributed by atoms with E-state index in [1.165, 1.54) is 0 Å². The van der Waals surface area contributed by atoms with Gasteiger partial charge < -0.3 is 20.3 Å². The molecular weight excluding hydrogens is 274 g/mol. The Bertz CT molecular complexity index is 375. The highest BCUT2D eigenvalue weighted by molar-refractivity contribution is 7.80. The van der Waals surface area contributed by atoms with Gasteiger partial charge in [-0.05, 0) is 45.8 Å². The molecule has 0 aromatic carbocycles. The molecule has 114 valence electrons. The molecule has 0 spiro atoms. The first-order valence-corrected chi connectivity index (χ1v) is 7.71. The van der Waals surface area contributed by atoms with E-state index in [-0.39, 0.29) is 5.91 Å². The van der Waals surface area contributed by atoms with Gasteiger partial charge >= 0.3 is 0 Å². The third-order valence-electron chi connectivity index (χ3n) is 4.78. The second-order valence-electron chi connectivity index (χ2n) is 6.01. The van der Waals surface area contributed by atoms with Crippen LogP contribution in [0.2, 0.25) is 0 Å². The quantitative estimate of drug-likeness (QED) is 0.774. The first-order chi connectivity index (χ1) is 9.47. The number of nitrogens with two attached hydrogens (primary N) is 1. The van der Waals surface area contributed by atoms with E-state index in [1.807, 2.05) is 11.9 Å². The minimum atomic E-state index is -0.689. The van der Waals surface area contributed by atoms with E-state index in [9.17, 15) is 4.79 Å². The largest absolute Gasteiger partial charge is 0.392 e. The second-order valence-corrected chi connectivity index (χ2v) is 6.45. The van der Waals surface area contributed by atoms with Crippen LogP contribution in [0.3, 0.4) is 0 Å². The Morgan fingerprint density at radius 2 is 1.90 bits per heavy atom. The molecule has 0 atom stereocenters. The van der Waals surface area contributed by atoms with Crippen molar-refractivity contribution in [1.82, 2.24) is 9.80 Å². The lowest BCUT2D eigenvalue weighted by Crippen LogP contribution is -2.55. The van der Waals surface area contributed by atoms with Gasteiger partial charge in [-0.1, -0.05) is 12.2 Å². The fourth-order valence-corrected chi connectivity index (χ4v) is 3.46. The zero-order valence-corrected chi connectivity index (χ0v) is 13.2. The molecule has 0 aliphatic carbocycles. The van der Waals surface area contributed by atoms with Crippen LogP contribution in [0.1, 0.15) is 25.7 Å². The Balaban J connectivity index is 2.09. The van der Waals surface area contributed by atoms with Crippen molar-refractivity contribution in [3.8, 4) is 0 Å². The van der Waals surface area contributed by atoms with Gasteiger partial charge in [-0.2, -0.15) is 0 Å². The molecular formula is C14H25N3O2S. The number of amides is 1. The van der Waals surface area contributed by atoms with Gasteiger partial charge in [-0.3, -0.25) is 4.79 Å². The highest BCUT2D eigenvalue weighted by Gasteiger charge is 2.45. The van der Waals surface area contributed by atoms with Gasteiger partial charge in [0.05, 0.1) is 4.99 Å². The third kappa shape index (κ3) is 2.97. The molecule has 2 aliphatic heterocycles. The van der Waals surface area contributed by atoms with Crippen LogP contribution in [0.4, 0.5) is 0 Å². The van der Waals surface area contributed by atoms with E-state index in [2.05, 4.69) is 11.9 Å². The van der Waals surface area contributed by atoms with E-state index in [1.54, 1.807) is 0 Å². The molecule has 0 aromatic heterocycles. The molecule has 20 heavy (non-hydrogen) atoms. The summed E-state index contributed by atoms with van der Waals surface area (Å²) in [6.45, 7) is 3.19. The Hall–Kier alpha value is -0.720. The molecule has 0 unspecified atom stereocenters. The summed E-state index contributed by atoms with van der Waals surface area (Å²) in [7, 11) is 4.01. The number of carbonyl (C=O) groups is 1. The first-order valence-electron chi connectivity index (χ1n) is 7.31. The molecule has 0 aromatic rings. The topological polar surface area (TPSA) is 58.8 Å². The van der Waals surface area contributed by atoms with Crippen molar-refractivity contribution >= 4 is 23.1 Å². The highest BCUT2D eigenvalue weighted by atomic mass is 32.1. The SMILES string of the molecule is CN1CCC(N(C)C(=O)C2(C(N)=S)CCOCC2)CC1. The lowest BCUT2D eigenvalue weighted by molar-refractivity contribution is -0.144. The molecule has 6 heteroatoms. The molecule has 2 aliphatic rings. The Labute approximate surface area is 126 Å². The van der Waals surface area contributed by atoms with Gasteiger partial charge in [0.15, 0.2) is 0 Å². The van der Waals surface area contributed by atoms with Crippen molar-refractivity contribution in [2.75, 3.05) is 40.4 Å². The van der Waals surface area contributed by atoms with E-state index in [4.69, 9.17) is 22.7 Å². The van der Waals surface area contributed by atoms with Crippen molar-refractivity contribution in [2.45, 2.75) is 31.7 Å². The average Bonchev–Trinajstić information content (AvgIpc) is 2.47. The minimum absolute atomic E-state index is 0.0860. The van der Waals surface area contributed by atoms with Crippen LogP contribution in [-0.4, -0.2) is 67.1 Å². The number of nitrogens with zero attached hydrogens (tertiary/aromatic N) is 2. The lowest BCUT2D eigenvalue weighted by atomic mass is 9.78. The van der Waals surface area contributed by atoms with Gasteiger partial charge in [0.25, 0.3) is 0 Å². The van der Waals surface area contributed by atoms with E-state index in [0.29, 0.717) is 37.1 Å². The van der Waals surface area contributed by atoms with Crippen LogP contribution >= 0.6 is 12.2 Å². The van der Waals surface area contributed by atoms with Gasteiger partial charge in [-0.25, -0.2) is 0 Å². The van der Waals surface area contributed by atoms with E-state index >= 15 is 0 Å². The zero-order chi connectivity index (χ0) is 14.8. The maximum absolute atomic E-state index is 12.9. The summed E-state index contributed by atoms with van der Waals surface area (Å²) in [6.07, 6.45) is 3.25. The standard InChI is InChI=1S/C14H25N3O2S/c1-16-7-3-11(4-8-16)17(2)13(18)14(12(15)20)5-9-19-10-6-14/h11H,3-10H2,1-2H3,(H2,15,20). The van der Waals surface area contributed by atoms with Gasteiger partial charge in [0.2, 0.25) is 5.91 Å². The fraction of sp³-hybridized carbons (Fsp3) is 0.857. The van der Waals surface area contributed by atoms with Crippen LogP contribution < -0.4 is 5.73 Å². The molecule has 2 fully saturated rings. The Kier molecular flexibility index (Phi) is 4.99. The molecule has 2 heterocycles. The van der Waals surface area contributed by atoms with Crippen molar-refractivity contribution < 1.29 is 9.53 Å². The fourth-order valence-electron chi connectivity index (χ4n) is 3.17. The van der Waals surface area contributed by atoms with Crippen molar-refractivity contribution in [1.29, 1.82) is 0 Å². The zero-order valence-electron chi connectivity index (χ0n) is 12.4. The third-order valence-corrected chi connectivity index (χ3v) is 5.17. The van der Waals surface area contributed by atoms with Crippen molar-refractivity contribution in [2.24, 2.45) is 11.1 Å². The molecule has 0 bridgehead atoms. The monoisotopic (exact) mass is 299 g/mol. The molecule has 2 N–H and O–H groups in total. The predicted octanol–water partition coefficient (Wildman–Crippen LogP) is 0.622. The van der Waals surface area contributed by atoms with Crippen molar-refractivity contribution in [3.63, 3.8) is 0 Å². The minimum Gasteiger partial charge on any atom is -0.392 e. The van der Waals surface area contributed by atoms with Crippen LogP contribution in [0, 0.1) is 5.41 Å². The second kappa shape index (κ2) is 6.37. The highest BCUT2D eigenvalue weighted by Crippen LogP contribution is 2.34. The normalized spacial score (nSPS) is 24.3. The summed E-state index contributed by atoms with van der Waals surface area (Å²) in [5, 5.41) is 0. The summed E-state index contributed by atoms with van der Waals surface area (Å²) in [4.78, 5) is 17.4. The van der Waals surface area contributed by atoms with Crippen LogP contribution in [-0.2, 0) is 9.53 Å². The predicted molar refractivity (Wildman–Crippen MR) is 82.6 cm³/mol. The van der Waals surface area contributed by atoms with Crippen molar-refractivity contribution in [3.05, 3.63) is 0 Å². The molecule has 0 radical (unpaired) electrons. The molecule has 2 saturated heterocycles. The number of thiocarbonyl (C=S) groups is 1. The molecule has 5 nitrogen and oxygen atoms in total. The summed E-state index contributed by atoms with van der Waals surface area (Å²) in [5.41, 5.74) is 5.22. The number of hydrogen-bond donors (Lipinski definition) is 1. The van der Waals surface area contributed by atoms with Crippen LogP contribution in [0.15, 0.2) is 0 Å². The number of ether oxygens (including phenoxy) is 1. The smallest absolute Gasteiger partial charge is 0.235 e. The average molecular weight is 299 g/mol. The maximum Gasteiger partial charge on any atom is 0.235 e.